The van der Waals surface area contributed by atoms with Gasteiger partial charge in [0.2, 0.25) is 0 Å². The van der Waals surface area contributed by atoms with Crippen molar-refractivity contribution < 1.29 is 0 Å². The number of rotatable bonds is 1. The van der Waals surface area contributed by atoms with Crippen LogP contribution in [0.15, 0.2) is 0 Å². The summed E-state index contributed by atoms with van der Waals surface area (Å²) in [4.78, 5) is 0. The van der Waals surface area contributed by atoms with Crippen LogP contribution in [0.1, 0.15) is 25.7 Å². The maximum Gasteiger partial charge on any atom is 0.0165 e. The highest BCUT2D eigenvalue weighted by atomic mass is 15.0. The van der Waals surface area contributed by atoms with Crippen molar-refractivity contribution in [3.05, 3.63) is 0 Å². The Labute approximate surface area is 80.5 Å². The molecule has 3 unspecified atom stereocenters. The predicted molar refractivity (Wildman–Crippen MR) is 54.6 cm³/mol. The van der Waals surface area contributed by atoms with E-state index in [1.165, 1.54) is 38.8 Å². The molecule has 0 radical (unpaired) electrons. The molecule has 2 aliphatic rings. The standard InChI is InChI=1S/C10H21N3/c11-9-3-4-10(13-7-9)8-2-1-5-12-6-8/h8-10,12-13H,1-7,11H2. The van der Waals surface area contributed by atoms with Gasteiger partial charge >= 0.3 is 0 Å². The molecule has 0 bridgehead atoms. The van der Waals surface area contributed by atoms with Gasteiger partial charge in [-0.25, -0.2) is 0 Å². The fraction of sp³-hybridized carbons (Fsp3) is 1.00. The number of nitrogens with one attached hydrogen (secondary N) is 2. The van der Waals surface area contributed by atoms with Gasteiger partial charge in [-0.15, -0.1) is 0 Å². The number of piperidine rings is 2. The van der Waals surface area contributed by atoms with Crippen molar-refractivity contribution in [1.29, 1.82) is 0 Å². The summed E-state index contributed by atoms with van der Waals surface area (Å²) < 4.78 is 0. The smallest absolute Gasteiger partial charge is 0.0165 e. The highest BCUT2D eigenvalue weighted by molar-refractivity contribution is 4.87. The van der Waals surface area contributed by atoms with E-state index in [1.54, 1.807) is 0 Å². The molecule has 0 spiro atoms. The lowest BCUT2D eigenvalue weighted by atomic mass is 9.86. The third-order valence-electron chi connectivity index (χ3n) is 3.39. The molecule has 0 aromatic heterocycles. The average molecular weight is 183 g/mol. The lowest BCUT2D eigenvalue weighted by Gasteiger charge is -2.36. The van der Waals surface area contributed by atoms with Crippen molar-refractivity contribution in [2.45, 2.75) is 37.8 Å². The van der Waals surface area contributed by atoms with E-state index in [1.807, 2.05) is 0 Å². The Balaban J connectivity index is 1.79. The maximum atomic E-state index is 5.85. The Kier molecular flexibility index (Phi) is 3.19. The first-order chi connectivity index (χ1) is 6.36. The van der Waals surface area contributed by atoms with E-state index in [2.05, 4.69) is 10.6 Å². The third-order valence-corrected chi connectivity index (χ3v) is 3.39. The molecule has 0 aliphatic carbocycles. The Morgan fingerprint density at radius 2 is 2.00 bits per heavy atom. The second-order valence-electron chi connectivity index (χ2n) is 4.46. The molecule has 2 rings (SSSR count). The molecule has 0 amide bonds. The summed E-state index contributed by atoms with van der Waals surface area (Å²) >= 11 is 0. The molecular formula is C10H21N3. The van der Waals surface area contributed by atoms with E-state index in [4.69, 9.17) is 5.73 Å². The minimum absolute atomic E-state index is 0.396. The molecule has 0 saturated carbocycles. The first-order valence-electron chi connectivity index (χ1n) is 5.56. The van der Waals surface area contributed by atoms with Gasteiger partial charge < -0.3 is 16.4 Å². The molecule has 2 aliphatic heterocycles. The summed E-state index contributed by atoms with van der Waals surface area (Å²) in [6.45, 7) is 3.43. The zero-order valence-electron chi connectivity index (χ0n) is 8.26. The van der Waals surface area contributed by atoms with Gasteiger partial charge in [0.1, 0.15) is 0 Å². The Bertz CT molecular complexity index is 146. The Hall–Kier alpha value is -0.120. The molecule has 4 N–H and O–H groups in total. The van der Waals surface area contributed by atoms with Gasteiger partial charge in [-0.1, -0.05) is 0 Å². The van der Waals surface area contributed by atoms with Crippen LogP contribution in [-0.2, 0) is 0 Å². The quantitative estimate of drug-likeness (QED) is 0.539. The van der Waals surface area contributed by atoms with E-state index < -0.39 is 0 Å². The van der Waals surface area contributed by atoms with Gasteiger partial charge in [0, 0.05) is 18.6 Å². The fourth-order valence-electron chi connectivity index (χ4n) is 2.53. The van der Waals surface area contributed by atoms with Crippen LogP contribution in [0.25, 0.3) is 0 Å². The lowest BCUT2D eigenvalue weighted by Crippen LogP contribution is -2.51. The molecule has 2 fully saturated rings. The van der Waals surface area contributed by atoms with Crippen LogP contribution in [0.3, 0.4) is 0 Å². The first-order valence-corrected chi connectivity index (χ1v) is 5.56. The van der Waals surface area contributed by atoms with Gasteiger partial charge in [0.15, 0.2) is 0 Å². The molecule has 3 atom stereocenters. The van der Waals surface area contributed by atoms with Crippen molar-refractivity contribution in [3.8, 4) is 0 Å². The maximum absolute atomic E-state index is 5.85. The second-order valence-corrected chi connectivity index (χ2v) is 4.46. The minimum Gasteiger partial charge on any atom is -0.327 e. The molecule has 2 saturated heterocycles. The van der Waals surface area contributed by atoms with Crippen LogP contribution >= 0.6 is 0 Å². The third kappa shape index (κ3) is 2.42. The summed E-state index contributed by atoms with van der Waals surface area (Å²) in [7, 11) is 0. The zero-order valence-corrected chi connectivity index (χ0v) is 8.26. The van der Waals surface area contributed by atoms with E-state index in [0.29, 0.717) is 6.04 Å². The van der Waals surface area contributed by atoms with Crippen molar-refractivity contribution >= 4 is 0 Å². The highest BCUT2D eigenvalue weighted by Gasteiger charge is 2.26. The Morgan fingerprint density at radius 1 is 1.08 bits per heavy atom. The topological polar surface area (TPSA) is 50.1 Å². The molecule has 0 aromatic carbocycles. The first kappa shape index (κ1) is 9.44. The van der Waals surface area contributed by atoms with Crippen LogP contribution < -0.4 is 16.4 Å². The van der Waals surface area contributed by atoms with E-state index in [9.17, 15) is 0 Å². The molecule has 0 aromatic rings. The fourth-order valence-corrected chi connectivity index (χ4v) is 2.53. The van der Waals surface area contributed by atoms with Gasteiger partial charge in [0.05, 0.1) is 0 Å². The van der Waals surface area contributed by atoms with E-state index in [-0.39, 0.29) is 0 Å². The molecule has 13 heavy (non-hydrogen) atoms. The van der Waals surface area contributed by atoms with Crippen LogP contribution in [0.4, 0.5) is 0 Å². The normalized spacial score (nSPS) is 41.8. The van der Waals surface area contributed by atoms with Gasteiger partial charge in [-0.3, -0.25) is 0 Å². The number of hydrogen-bond acceptors (Lipinski definition) is 3. The van der Waals surface area contributed by atoms with Crippen molar-refractivity contribution in [2.24, 2.45) is 11.7 Å². The van der Waals surface area contributed by atoms with Crippen molar-refractivity contribution in [2.75, 3.05) is 19.6 Å². The SMILES string of the molecule is NC1CCC(C2CCCNC2)NC1. The van der Waals surface area contributed by atoms with Crippen LogP contribution in [0.5, 0.6) is 0 Å². The van der Waals surface area contributed by atoms with Gasteiger partial charge in [-0.2, -0.15) is 0 Å². The predicted octanol–water partition coefficient (Wildman–Crippen LogP) is 0.0653. The molecule has 76 valence electrons. The molecule has 2 heterocycles. The molecule has 3 nitrogen and oxygen atoms in total. The van der Waals surface area contributed by atoms with Crippen LogP contribution in [0, 0.1) is 5.92 Å². The number of nitrogens with two attached hydrogens (primary N) is 1. The van der Waals surface area contributed by atoms with Crippen molar-refractivity contribution in [1.82, 2.24) is 10.6 Å². The summed E-state index contributed by atoms with van der Waals surface area (Å²) in [6.07, 6.45) is 5.20. The van der Waals surface area contributed by atoms with Crippen molar-refractivity contribution in [3.63, 3.8) is 0 Å². The summed E-state index contributed by atoms with van der Waals surface area (Å²) in [5.74, 6) is 0.848. The monoisotopic (exact) mass is 183 g/mol. The zero-order chi connectivity index (χ0) is 9.10. The Morgan fingerprint density at radius 3 is 2.62 bits per heavy atom. The highest BCUT2D eigenvalue weighted by Crippen LogP contribution is 2.20. The van der Waals surface area contributed by atoms with E-state index in [0.717, 1.165) is 18.5 Å². The minimum atomic E-state index is 0.396. The van der Waals surface area contributed by atoms with E-state index >= 15 is 0 Å². The second kappa shape index (κ2) is 4.40. The van der Waals surface area contributed by atoms with Gasteiger partial charge in [0.25, 0.3) is 0 Å². The molecule has 3 heteroatoms. The average Bonchev–Trinajstić information content (AvgIpc) is 2.20. The summed E-state index contributed by atoms with van der Waals surface area (Å²) in [5.41, 5.74) is 5.85. The summed E-state index contributed by atoms with van der Waals surface area (Å²) in [5, 5.41) is 7.05. The number of hydrogen-bond donors (Lipinski definition) is 3. The van der Waals surface area contributed by atoms with Gasteiger partial charge in [-0.05, 0) is 44.7 Å². The van der Waals surface area contributed by atoms with Crippen LogP contribution in [0.2, 0.25) is 0 Å². The largest absolute Gasteiger partial charge is 0.327 e. The lowest BCUT2D eigenvalue weighted by molar-refractivity contribution is 0.236. The molecular weight excluding hydrogens is 162 g/mol. The summed E-state index contributed by atoms with van der Waals surface area (Å²) in [6, 6.07) is 1.13. The van der Waals surface area contributed by atoms with Crippen LogP contribution in [-0.4, -0.2) is 31.7 Å².